The number of rotatable bonds is 5. The average molecular weight is 237 g/mol. The molecule has 0 heterocycles. The number of hydrogen-bond donors (Lipinski definition) is 2. The maximum absolute atomic E-state index is 11.2. The van der Waals surface area contributed by atoms with E-state index in [1.54, 1.807) is 19.1 Å². The van der Waals surface area contributed by atoms with Gasteiger partial charge in [-0.1, -0.05) is 12.1 Å². The van der Waals surface area contributed by atoms with Crippen molar-refractivity contribution in [1.82, 2.24) is 5.32 Å². The number of esters is 1. The summed E-state index contributed by atoms with van der Waals surface area (Å²) < 4.78 is 4.64. The van der Waals surface area contributed by atoms with E-state index in [1.807, 2.05) is 19.1 Å². The summed E-state index contributed by atoms with van der Waals surface area (Å²) >= 11 is 0. The standard InChI is InChI=1S/C13H19NO3/c1-9(14-10(2)13(16)17-3)8-11-4-6-12(15)7-5-11/h4-7,9-10,14-15H,8H2,1-3H3. The monoisotopic (exact) mass is 237 g/mol. The van der Waals surface area contributed by atoms with Crippen LogP contribution < -0.4 is 5.32 Å². The molecule has 0 bridgehead atoms. The van der Waals surface area contributed by atoms with E-state index in [0.717, 1.165) is 12.0 Å². The van der Waals surface area contributed by atoms with Crippen LogP contribution in [-0.2, 0) is 16.0 Å². The number of phenols is 1. The van der Waals surface area contributed by atoms with E-state index in [4.69, 9.17) is 5.11 Å². The van der Waals surface area contributed by atoms with E-state index < -0.39 is 0 Å². The molecule has 0 aliphatic rings. The number of phenolic OH excluding ortho intramolecular Hbond substituents is 1. The third-order valence-corrected chi connectivity index (χ3v) is 2.57. The molecule has 2 N–H and O–H groups in total. The van der Waals surface area contributed by atoms with Crippen LogP contribution in [0.5, 0.6) is 5.75 Å². The molecule has 2 atom stereocenters. The summed E-state index contributed by atoms with van der Waals surface area (Å²) in [7, 11) is 1.38. The second-order valence-corrected chi connectivity index (χ2v) is 4.18. The van der Waals surface area contributed by atoms with Gasteiger partial charge in [0, 0.05) is 6.04 Å². The highest BCUT2D eigenvalue weighted by Gasteiger charge is 2.15. The van der Waals surface area contributed by atoms with Gasteiger partial charge in [-0.2, -0.15) is 0 Å². The molecule has 17 heavy (non-hydrogen) atoms. The number of methoxy groups -OCH3 is 1. The lowest BCUT2D eigenvalue weighted by Crippen LogP contribution is -2.41. The zero-order valence-corrected chi connectivity index (χ0v) is 10.4. The Kier molecular flexibility index (Phi) is 4.97. The number of hydrogen-bond acceptors (Lipinski definition) is 4. The van der Waals surface area contributed by atoms with Crippen molar-refractivity contribution in [1.29, 1.82) is 0 Å². The minimum atomic E-state index is -0.313. The molecule has 0 aromatic heterocycles. The van der Waals surface area contributed by atoms with Gasteiger partial charge in [0.15, 0.2) is 0 Å². The van der Waals surface area contributed by atoms with Crippen LogP contribution >= 0.6 is 0 Å². The Morgan fingerprint density at radius 1 is 1.35 bits per heavy atom. The lowest BCUT2D eigenvalue weighted by atomic mass is 10.1. The van der Waals surface area contributed by atoms with Crippen LogP contribution in [0.2, 0.25) is 0 Å². The first-order chi connectivity index (χ1) is 8.02. The summed E-state index contributed by atoms with van der Waals surface area (Å²) in [6.45, 7) is 3.78. The minimum absolute atomic E-state index is 0.161. The molecule has 0 fully saturated rings. The Labute approximate surface area is 102 Å². The predicted octanol–water partition coefficient (Wildman–Crippen LogP) is 1.47. The normalized spacial score (nSPS) is 14.1. The van der Waals surface area contributed by atoms with Gasteiger partial charge in [-0.15, -0.1) is 0 Å². The third kappa shape index (κ3) is 4.44. The summed E-state index contributed by atoms with van der Waals surface area (Å²) in [5.41, 5.74) is 1.11. The molecular weight excluding hydrogens is 218 g/mol. The number of benzene rings is 1. The van der Waals surface area contributed by atoms with E-state index in [0.29, 0.717) is 0 Å². The smallest absolute Gasteiger partial charge is 0.322 e. The van der Waals surface area contributed by atoms with Crippen LogP contribution in [-0.4, -0.2) is 30.3 Å². The molecule has 0 aliphatic heterocycles. The molecule has 0 saturated heterocycles. The molecule has 0 saturated carbocycles. The van der Waals surface area contributed by atoms with Gasteiger partial charge in [-0.25, -0.2) is 0 Å². The van der Waals surface area contributed by atoms with Crippen molar-refractivity contribution in [2.75, 3.05) is 7.11 Å². The number of nitrogens with one attached hydrogen (secondary N) is 1. The topological polar surface area (TPSA) is 58.6 Å². The van der Waals surface area contributed by atoms with Gasteiger partial charge in [0.05, 0.1) is 7.11 Å². The van der Waals surface area contributed by atoms with E-state index in [1.165, 1.54) is 7.11 Å². The fourth-order valence-corrected chi connectivity index (χ4v) is 1.72. The maximum atomic E-state index is 11.2. The number of carbonyl (C=O) groups is 1. The molecule has 94 valence electrons. The molecule has 4 nitrogen and oxygen atoms in total. The Bertz CT molecular complexity index is 361. The van der Waals surface area contributed by atoms with E-state index in [9.17, 15) is 4.79 Å². The molecule has 0 spiro atoms. The van der Waals surface area contributed by atoms with Crippen molar-refractivity contribution in [2.24, 2.45) is 0 Å². The number of ether oxygens (including phenoxy) is 1. The van der Waals surface area contributed by atoms with Crippen LogP contribution in [0.3, 0.4) is 0 Å². The molecule has 2 unspecified atom stereocenters. The Morgan fingerprint density at radius 3 is 2.47 bits per heavy atom. The Hall–Kier alpha value is -1.55. The summed E-state index contributed by atoms with van der Waals surface area (Å²) in [5, 5.41) is 12.3. The second kappa shape index (κ2) is 6.25. The second-order valence-electron chi connectivity index (χ2n) is 4.18. The first-order valence-corrected chi connectivity index (χ1v) is 5.64. The van der Waals surface area contributed by atoms with Crippen molar-refractivity contribution in [3.63, 3.8) is 0 Å². The highest BCUT2D eigenvalue weighted by molar-refractivity contribution is 5.75. The fourth-order valence-electron chi connectivity index (χ4n) is 1.72. The van der Waals surface area contributed by atoms with Crippen molar-refractivity contribution in [3.8, 4) is 5.75 Å². The molecule has 0 aliphatic carbocycles. The van der Waals surface area contributed by atoms with Crippen LogP contribution in [0.25, 0.3) is 0 Å². The minimum Gasteiger partial charge on any atom is -0.508 e. The van der Waals surface area contributed by atoms with Crippen LogP contribution in [0.4, 0.5) is 0 Å². The zero-order chi connectivity index (χ0) is 12.8. The van der Waals surface area contributed by atoms with Crippen LogP contribution in [0.1, 0.15) is 19.4 Å². The first kappa shape index (κ1) is 13.5. The van der Waals surface area contributed by atoms with Crippen molar-refractivity contribution < 1.29 is 14.6 Å². The van der Waals surface area contributed by atoms with Crippen LogP contribution in [0, 0.1) is 0 Å². The largest absolute Gasteiger partial charge is 0.508 e. The molecular formula is C13H19NO3. The SMILES string of the molecule is COC(=O)C(C)NC(C)Cc1ccc(O)cc1. The summed E-state index contributed by atoms with van der Waals surface area (Å²) in [6.07, 6.45) is 0.793. The highest BCUT2D eigenvalue weighted by atomic mass is 16.5. The molecule has 0 radical (unpaired) electrons. The molecule has 0 amide bonds. The molecule has 1 rings (SSSR count). The van der Waals surface area contributed by atoms with Crippen molar-refractivity contribution in [2.45, 2.75) is 32.4 Å². The first-order valence-electron chi connectivity index (χ1n) is 5.64. The van der Waals surface area contributed by atoms with Gasteiger partial charge in [-0.05, 0) is 38.0 Å². The quantitative estimate of drug-likeness (QED) is 0.761. The number of carbonyl (C=O) groups excluding carboxylic acids is 1. The molecule has 4 heteroatoms. The predicted molar refractivity (Wildman–Crippen MR) is 65.9 cm³/mol. The summed E-state index contributed by atoms with van der Waals surface area (Å²) in [5.74, 6) is -0.000141. The van der Waals surface area contributed by atoms with Gasteiger partial charge in [0.1, 0.15) is 11.8 Å². The third-order valence-electron chi connectivity index (χ3n) is 2.57. The molecule has 1 aromatic carbocycles. The van der Waals surface area contributed by atoms with E-state index in [-0.39, 0.29) is 23.8 Å². The zero-order valence-electron chi connectivity index (χ0n) is 10.4. The van der Waals surface area contributed by atoms with Gasteiger partial charge >= 0.3 is 5.97 Å². The van der Waals surface area contributed by atoms with Crippen molar-refractivity contribution in [3.05, 3.63) is 29.8 Å². The lowest BCUT2D eigenvalue weighted by Gasteiger charge is -2.18. The van der Waals surface area contributed by atoms with Gasteiger partial charge < -0.3 is 15.2 Å². The van der Waals surface area contributed by atoms with Crippen LogP contribution in [0.15, 0.2) is 24.3 Å². The van der Waals surface area contributed by atoms with E-state index in [2.05, 4.69) is 10.1 Å². The fraction of sp³-hybridized carbons (Fsp3) is 0.462. The summed E-state index contributed by atoms with van der Waals surface area (Å²) in [4.78, 5) is 11.2. The number of aromatic hydroxyl groups is 1. The Morgan fingerprint density at radius 2 is 1.94 bits per heavy atom. The van der Waals surface area contributed by atoms with Gasteiger partial charge in [0.25, 0.3) is 0 Å². The van der Waals surface area contributed by atoms with Gasteiger partial charge in [0.2, 0.25) is 0 Å². The highest BCUT2D eigenvalue weighted by Crippen LogP contribution is 2.11. The van der Waals surface area contributed by atoms with Crippen molar-refractivity contribution >= 4 is 5.97 Å². The molecule has 1 aromatic rings. The average Bonchev–Trinajstić information content (AvgIpc) is 2.30. The summed E-state index contributed by atoms with van der Waals surface area (Å²) in [6, 6.07) is 6.91. The Balaban J connectivity index is 2.46. The maximum Gasteiger partial charge on any atom is 0.322 e. The lowest BCUT2D eigenvalue weighted by molar-refractivity contribution is -0.142. The van der Waals surface area contributed by atoms with E-state index >= 15 is 0 Å². The van der Waals surface area contributed by atoms with Gasteiger partial charge in [-0.3, -0.25) is 4.79 Å².